The van der Waals surface area contributed by atoms with Gasteiger partial charge >= 0.3 is 0 Å². The third-order valence-electron chi connectivity index (χ3n) is 6.14. The summed E-state index contributed by atoms with van der Waals surface area (Å²) in [7, 11) is 0. The van der Waals surface area contributed by atoms with Crippen molar-refractivity contribution in [3.8, 4) is 16.9 Å². The molecule has 0 heterocycles. The quantitative estimate of drug-likeness (QED) is 0.233. The second-order valence-electron chi connectivity index (χ2n) is 8.47. The van der Waals surface area contributed by atoms with E-state index in [-0.39, 0.29) is 0 Å². The van der Waals surface area contributed by atoms with Crippen LogP contribution < -0.4 is 4.74 Å². The van der Waals surface area contributed by atoms with Crippen LogP contribution in [-0.2, 0) is 6.42 Å². The molecule has 0 spiro atoms. The van der Waals surface area contributed by atoms with Crippen LogP contribution in [-0.4, -0.2) is 6.61 Å². The number of ether oxygens (including phenoxy) is 1. The molecule has 1 heteroatoms. The lowest BCUT2D eigenvalue weighted by Gasteiger charge is -2.18. The Hall–Kier alpha value is -3.32. The summed E-state index contributed by atoms with van der Waals surface area (Å²) >= 11 is 0. The molecule has 1 nitrogen and oxygen atoms in total. The van der Waals surface area contributed by atoms with E-state index < -0.39 is 0 Å². The van der Waals surface area contributed by atoms with Gasteiger partial charge in [-0.1, -0.05) is 111 Å². The minimum absolute atomic E-state index is 0.532. The lowest BCUT2D eigenvalue weighted by Crippen LogP contribution is -2.03. The van der Waals surface area contributed by atoms with Crippen molar-refractivity contribution in [1.29, 1.82) is 0 Å². The Bertz CT molecular complexity index is 1140. The van der Waals surface area contributed by atoms with E-state index in [2.05, 4.69) is 92.4 Å². The van der Waals surface area contributed by atoms with Gasteiger partial charge in [-0.2, -0.15) is 0 Å². The van der Waals surface area contributed by atoms with Gasteiger partial charge in [-0.25, -0.2) is 0 Å². The molecule has 1 atom stereocenters. The van der Waals surface area contributed by atoms with Gasteiger partial charge in [0.25, 0.3) is 0 Å². The summed E-state index contributed by atoms with van der Waals surface area (Å²) in [5.74, 6) is 1.42. The molecule has 0 N–H and O–H groups in total. The molecule has 0 saturated heterocycles. The fraction of sp³-hybridized carbons (Fsp3) is 0.226. The third kappa shape index (κ3) is 5.48. The average Bonchev–Trinajstić information content (AvgIpc) is 2.85. The van der Waals surface area contributed by atoms with E-state index in [1.54, 1.807) is 6.08 Å². The smallest absolute Gasteiger partial charge is 0.119 e. The highest BCUT2D eigenvalue weighted by Crippen LogP contribution is 2.30. The summed E-state index contributed by atoms with van der Waals surface area (Å²) < 4.78 is 5.60. The zero-order valence-corrected chi connectivity index (χ0v) is 19.0. The number of rotatable bonds is 10. The van der Waals surface area contributed by atoms with Gasteiger partial charge < -0.3 is 4.74 Å². The zero-order valence-electron chi connectivity index (χ0n) is 19.0. The Kier molecular flexibility index (Phi) is 7.40. The maximum Gasteiger partial charge on any atom is 0.119 e. The van der Waals surface area contributed by atoms with Crippen molar-refractivity contribution in [2.24, 2.45) is 0 Å². The first kappa shape index (κ1) is 21.9. The van der Waals surface area contributed by atoms with Gasteiger partial charge in [-0.3, -0.25) is 0 Å². The van der Waals surface area contributed by atoms with Crippen molar-refractivity contribution in [1.82, 2.24) is 0 Å². The summed E-state index contributed by atoms with van der Waals surface area (Å²) in [5, 5.41) is 2.64. The average molecular weight is 421 g/mol. The first-order chi connectivity index (χ1) is 15.8. The number of unbranched alkanes of at least 4 members (excludes halogenated alkanes) is 1. The maximum absolute atomic E-state index is 5.60. The van der Waals surface area contributed by atoms with E-state index in [1.165, 1.54) is 52.3 Å². The maximum atomic E-state index is 5.60. The summed E-state index contributed by atoms with van der Waals surface area (Å²) in [6.45, 7) is 6.50. The highest BCUT2D eigenvalue weighted by atomic mass is 16.5. The van der Waals surface area contributed by atoms with Gasteiger partial charge in [0.2, 0.25) is 0 Å². The van der Waals surface area contributed by atoms with Gasteiger partial charge in [-0.15, -0.1) is 0 Å². The zero-order chi connectivity index (χ0) is 22.2. The van der Waals surface area contributed by atoms with Crippen molar-refractivity contribution in [3.05, 3.63) is 115 Å². The molecule has 4 rings (SSSR count). The molecule has 0 saturated carbocycles. The van der Waals surface area contributed by atoms with Crippen LogP contribution in [0.25, 0.3) is 21.9 Å². The molecular formula is C31H32O. The monoisotopic (exact) mass is 420 g/mol. The molecule has 0 aliphatic rings. The van der Waals surface area contributed by atoms with E-state index in [0.29, 0.717) is 12.5 Å². The Balaban J connectivity index is 1.52. The fourth-order valence-electron chi connectivity index (χ4n) is 4.33. The van der Waals surface area contributed by atoms with E-state index >= 15 is 0 Å². The van der Waals surface area contributed by atoms with Crippen LogP contribution in [0.15, 0.2) is 104 Å². The van der Waals surface area contributed by atoms with Crippen LogP contribution >= 0.6 is 0 Å². The van der Waals surface area contributed by atoms with Crippen LogP contribution in [0.4, 0.5) is 0 Å². The lowest BCUT2D eigenvalue weighted by molar-refractivity contribution is 0.363. The summed E-state index contributed by atoms with van der Waals surface area (Å²) in [6, 6.07) is 33.0. The molecule has 0 aliphatic carbocycles. The number of fused-ring (bicyclic) bond motifs is 1. The van der Waals surface area contributed by atoms with Gasteiger partial charge in [0.1, 0.15) is 12.4 Å². The summed E-state index contributed by atoms with van der Waals surface area (Å²) in [6.07, 6.45) is 6.55. The topological polar surface area (TPSA) is 9.23 Å². The first-order valence-electron chi connectivity index (χ1n) is 11.7. The molecule has 0 amide bonds. The molecule has 0 aromatic heterocycles. The fourth-order valence-corrected chi connectivity index (χ4v) is 4.33. The molecule has 0 aliphatic heterocycles. The van der Waals surface area contributed by atoms with Crippen LogP contribution in [0.3, 0.4) is 0 Å². The number of hydrogen-bond acceptors (Lipinski definition) is 1. The summed E-state index contributed by atoms with van der Waals surface area (Å²) in [4.78, 5) is 0. The third-order valence-corrected chi connectivity index (χ3v) is 6.14. The molecule has 4 aromatic carbocycles. The Morgan fingerprint density at radius 3 is 2.19 bits per heavy atom. The van der Waals surface area contributed by atoms with Crippen LogP contribution in [0.2, 0.25) is 0 Å². The Morgan fingerprint density at radius 2 is 1.50 bits per heavy atom. The second-order valence-corrected chi connectivity index (χ2v) is 8.47. The predicted molar refractivity (Wildman–Crippen MR) is 137 cm³/mol. The van der Waals surface area contributed by atoms with Crippen molar-refractivity contribution in [2.75, 3.05) is 6.61 Å². The molecule has 162 valence electrons. The molecule has 1 unspecified atom stereocenters. The predicted octanol–water partition coefficient (Wildman–Crippen LogP) is 8.59. The SMILES string of the molecule is C=CCOc1ccc(-c2ccc(C(CCCC)Cc3ccc4ccccc4c3)cc2)cc1. The van der Waals surface area contributed by atoms with Gasteiger partial charge in [0, 0.05) is 0 Å². The van der Waals surface area contributed by atoms with Gasteiger partial charge in [-0.05, 0) is 63.9 Å². The van der Waals surface area contributed by atoms with Crippen molar-refractivity contribution >= 4 is 10.8 Å². The standard InChI is InChI=1S/C31H32O/c1-3-5-8-29(22-24-11-12-25-9-6-7-10-30(25)23-24)28-15-13-26(14-16-28)27-17-19-31(20-18-27)32-21-4-2/h4,6-7,9-20,23,29H,2-3,5,8,21-22H2,1H3. The number of hydrogen-bond donors (Lipinski definition) is 0. The van der Waals surface area contributed by atoms with E-state index in [1.807, 2.05) is 12.1 Å². The van der Waals surface area contributed by atoms with Crippen LogP contribution in [0.1, 0.15) is 43.2 Å². The van der Waals surface area contributed by atoms with Gasteiger partial charge in [0.05, 0.1) is 0 Å². The van der Waals surface area contributed by atoms with Crippen molar-refractivity contribution in [2.45, 2.75) is 38.5 Å². The van der Waals surface area contributed by atoms with Crippen molar-refractivity contribution < 1.29 is 4.74 Å². The second kappa shape index (κ2) is 10.8. The molecule has 0 radical (unpaired) electrons. The molecule has 0 bridgehead atoms. The Labute approximate surface area is 192 Å². The highest BCUT2D eigenvalue weighted by Gasteiger charge is 2.13. The normalized spacial score (nSPS) is 11.9. The number of benzene rings is 4. The molecular weight excluding hydrogens is 388 g/mol. The van der Waals surface area contributed by atoms with E-state index in [0.717, 1.165) is 12.2 Å². The highest BCUT2D eigenvalue weighted by molar-refractivity contribution is 5.83. The van der Waals surface area contributed by atoms with Crippen LogP contribution in [0.5, 0.6) is 5.75 Å². The minimum Gasteiger partial charge on any atom is -0.490 e. The van der Waals surface area contributed by atoms with Crippen molar-refractivity contribution in [3.63, 3.8) is 0 Å². The van der Waals surface area contributed by atoms with Gasteiger partial charge in [0.15, 0.2) is 0 Å². The summed E-state index contributed by atoms with van der Waals surface area (Å²) in [5.41, 5.74) is 5.30. The first-order valence-corrected chi connectivity index (χ1v) is 11.7. The van der Waals surface area contributed by atoms with E-state index in [4.69, 9.17) is 4.74 Å². The Morgan fingerprint density at radius 1 is 0.812 bits per heavy atom. The molecule has 4 aromatic rings. The van der Waals surface area contributed by atoms with E-state index in [9.17, 15) is 0 Å². The lowest BCUT2D eigenvalue weighted by atomic mass is 9.86. The molecule has 0 fully saturated rings. The largest absolute Gasteiger partial charge is 0.490 e. The minimum atomic E-state index is 0.532. The van der Waals surface area contributed by atoms with Crippen LogP contribution in [0, 0.1) is 0 Å². The molecule has 32 heavy (non-hydrogen) atoms.